The van der Waals surface area contributed by atoms with Gasteiger partial charge in [0, 0.05) is 18.8 Å². The third kappa shape index (κ3) is 5.77. The number of halogens is 1. The van der Waals surface area contributed by atoms with Gasteiger partial charge in [-0.15, -0.1) is 0 Å². The molecule has 0 aliphatic carbocycles. The topological polar surface area (TPSA) is 84.5 Å². The second kappa shape index (κ2) is 9.16. The van der Waals surface area contributed by atoms with Gasteiger partial charge < -0.3 is 10.1 Å². The Morgan fingerprint density at radius 3 is 2.46 bits per heavy atom. The van der Waals surface area contributed by atoms with E-state index in [0.717, 1.165) is 37.1 Å². The van der Waals surface area contributed by atoms with E-state index in [1.165, 1.54) is 12.1 Å². The molecule has 2 N–H and O–H groups in total. The zero-order valence-electron chi connectivity index (χ0n) is 15.4. The highest BCUT2D eigenvalue weighted by atomic mass is 32.2. The molecule has 0 saturated carbocycles. The van der Waals surface area contributed by atoms with Gasteiger partial charge in [-0.05, 0) is 60.7 Å². The largest absolute Gasteiger partial charge is 0.381 e. The van der Waals surface area contributed by atoms with Gasteiger partial charge in [-0.1, -0.05) is 12.1 Å². The van der Waals surface area contributed by atoms with Crippen molar-refractivity contribution in [3.63, 3.8) is 0 Å². The lowest BCUT2D eigenvalue weighted by Crippen LogP contribution is -2.34. The summed E-state index contributed by atoms with van der Waals surface area (Å²) in [6.45, 7) is 2.08. The first kappa shape index (κ1) is 20.3. The van der Waals surface area contributed by atoms with Gasteiger partial charge in [-0.2, -0.15) is 0 Å². The van der Waals surface area contributed by atoms with Gasteiger partial charge in [-0.3, -0.25) is 9.52 Å². The van der Waals surface area contributed by atoms with Crippen LogP contribution in [0.2, 0.25) is 0 Å². The first-order valence-electron chi connectivity index (χ1n) is 9.14. The van der Waals surface area contributed by atoms with E-state index in [2.05, 4.69) is 10.0 Å². The van der Waals surface area contributed by atoms with Gasteiger partial charge in [0.1, 0.15) is 5.82 Å². The first-order valence-corrected chi connectivity index (χ1v) is 10.6. The number of ether oxygens (including phenoxy) is 1. The lowest BCUT2D eigenvalue weighted by molar-refractivity contribution is -0.120. The minimum Gasteiger partial charge on any atom is -0.381 e. The number of carbonyl (C=O) groups is 1. The third-order valence-corrected chi connectivity index (χ3v) is 5.93. The first-order chi connectivity index (χ1) is 13.4. The molecule has 0 aromatic heterocycles. The number of hydrogen-bond donors (Lipinski definition) is 2. The number of hydrogen-bond acceptors (Lipinski definition) is 4. The second-order valence-corrected chi connectivity index (χ2v) is 8.50. The van der Waals surface area contributed by atoms with E-state index in [4.69, 9.17) is 4.74 Å². The van der Waals surface area contributed by atoms with Crippen molar-refractivity contribution in [1.82, 2.24) is 5.32 Å². The molecule has 0 radical (unpaired) electrons. The van der Waals surface area contributed by atoms with Gasteiger partial charge in [0.2, 0.25) is 5.91 Å². The molecule has 1 aliphatic rings. The number of benzene rings is 2. The molecular weight excluding hydrogens is 383 g/mol. The molecule has 6 nitrogen and oxygen atoms in total. The lowest BCUT2D eigenvalue weighted by Gasteiger charge is -2.22. The van der Waals surface area contributed by atoms with E-state index in [1.807, 2.05) is 0 Å². The molecule has 2 aromatic rings. The van der Waals surface area contributed by atoms with E-state index < -0.39 is 15.8 Å². The molecule has 2 aromatic carbocycles. The molecule has 0 bridgehead atoms. The second-order valence-electron chi connectivity index (χ2n) is 6.82. The molecule has 1 atom stereocenters. The Balaban J connectivity index is 1.52. The maximum atomic E-state index is 13.0. The van der Waals surface area contributed by atoms with Gasteiger partial charge >= 0.3 is 0 Å². The molecule has 3 rings (SSSR count). The van der Waals surface area contributed by atoms with Crippen molar-refractivity contribution >= 4 is 21.6 Å². The summed E-state index contributed by atoms with van der Waals surface area (Å²) in [4.78, 5) is 12.1. The average Bonchev–Trinajstić information content (AvgIpc) is 2.69. The van der Waals surface area contributed by atoms with Gasteiger partial charge in [0.05, 0.1) is 17.9 Å². The monoisotopic (exact) mass is 406 g/mol. The van der Waals surface area contributed by atoms with Crippen LogP contribution in [0.3, 0.4) is 0 Å². The molecule has 1 heterocycles. The maximum Gasteiger partial charge on any atom is 0.261 e. The molecule has 1 saturated heterocycles. The van der Waals surface area contributed by atoms with Gasteiger partial charge in [0.15, 0.2) is 0 Å². The molecule has 1 aliphatic heterocycles. The van der Waals surface area contributed by atoms with E-state index in [1.54, 1.807) is 24.3 Å². The highest BCUT2D eigenvalue weighted by Gasteiger charge is 2.16. The Bertz CT molecular complexity index is 893. The van der Waals surface area contributed by atoms with Crippen molar-refractivity contribution in [3.05, 3.63) is 59.9 Å². The van der Waals surface area contributed by atoms with Gasteiger partial charge in [0.25, 0.3) is 10.0 Å². The minimum absolute atomic E-state index is 0.0240. The molecule has 1 amide bonds. The lowest BCUT2D eigenvalue weighted by atomic mass is 10.0. The van der Waals surface area contributed by atoms with Crippen molar-refractivity contribution in [2.75, 3.05) is 24.5 Å². The zero-order chi connectivity index (χ0) is 20.0. The highest BCUT2D eigenvalue weighted by Crippen LogP contribution is 2.17. The number of sulfonamides is 1. The fourth-order valence-corrected chi connectivity index (χ4v) is 4.05. The van der Waals surface area contributed by atoms with E-state index >= 15 is 0 Å². The number of amides is 1. The normalized spacial score (nSPS) is 17.1. The van der Waals surface area contributed by atoms with Crippen LogP contribution in [-0.4, -0.2) is 34.1 Å². The fourth-order valence-electron chi connectivity index (χ4n) is 2.99. The van der Waals surface area contributed by atoms with E-state index in [-0.39, 0.29) is 17.2 Å². The summed E-state index contributed by atoms with van der Waals surface area (Å²) in [6, 6.07) is 11.2. The summed E-state index contributed by atoms with van der Waals surface area (Å²) >= 11 is 0. The Kier molecular flexibility index (Phi) is 6.64. The number of anilines is 1. The van der Waals surface area contributed by atoms with Crippen LogP contribution in [0.15, 0.2) is 53.4 Å². The Morgan fingerprint density at radius 1 is 1.11 bits per heavy atom. The van der Waals surface area contributed by atoms with Crippen LogP contribution in [0.5, 0.6) is 0 Å². The van der Waals surface area contributed by atoms with Crippen LogP contribution in [0, 0.1) is 11.7 Å². The van der Waals surface area contributed by atoms with Crippen LogP contribution in [-0.2, 0) is 26.0 Å². The molecule has 150 valence electrons. The van der Waals surface area contributed by atoms with E-state index in [9.17, 15) is 17.6 Å². The summed E-state index contributed by atoms with van der Waals surface area (Å²) in [5.74, 6) is -0.219. The molecule has 1 fully saturated rings. The third-order valence-electron chi connectivity index (χ3n) is 4.54. The molecule has 8 heteroatoms. The zero-order valence-corrected chi connectivity index (χ0v) is 16.2. The van der Waals surface area contributed by atoms with Crippen molar-refractivity contribution in [2.24, 2.45) is 5.92 Å². The van der Waals surface area contributed by atoms with Crippen molar-refractivity contribution in [3.8, 4) is 0 Å². The number of rotatable bonds is 7. The number of nitrogens with one attached hydrogen (secondary N) is 2. The Labute approximate surface area is 164 Å². The van der Waals surface area contributed by atoms with Crippen LogP contribution in [0.4, 0.5) is 10.1 Å². The molecule has 0 spiro atoms. The smallest absolute Gasteiger partial charge is 0.261 e. The van der Waals surface area contributed by atoms with Crippen molar-refractivity contribution in [1.29, 1.82) is 0 Å². The highest BCUT2D eigenvalue weighted by molar-refractivity contribution is 7.92. The Hall–Kier alpha value is -2.45. The summed E-state index contributed by atoms with van der Waals surface area (Å²) in [6.07, 6.45) is 2.30. The summed E-state index contributed by atoms with van der Waals surface area (Å²) in [5, 5.41) is 2.92. The van der Waals surface area contributed by atoms with Crippen LogP contribution < -0.4 is 10.0 Å². The number of carbonyl (C=O) groups excluding carboxylic acids is 1. The summed E-state index contributed by atoms with van der Waals surface area (Å²) in [5.41, 5.74) is 1.15. The minimum atomic E-state index is -3.79. The predicted octanol–water partition coefficient (Wildman–Crippen LogP) is 2.71. The van der Waals surface area contributed by atoms with Crippen molar-refractivity contribution < 1.29 is 22.3 Å². The quantitative estimate of drug-likeness (QED) is 0.741. The summed E-state index contributed by atoms with van der Waals surface area (Å²) < 4.78 is 45.4. The fraction of sp³-hybridized carbons (Fsp3) is 0.350. The maximum absolute atomic E-state index is 13.0. The molecular formula is C20H23FN2O4S. The molecule has 0 unspecified atom stereocenters. The Morgan fingerprint density at radius 2 is 1.82 bits per heavy atom. The summed E-state index contributed by atoms with van der Waals surface area (Å²) in [7, 11) is -3.79. The van der Waals surface area contributed by atoms with Crippen LogP contribution in [0.25, 0.3) is 0 Å². The van der Waals surface area contributed by atoms with Crippen molar-refractivity contribution in [2.45, 2.75) is 24.2 Å². The van der Waals surface area contributed by atoms with Crippen LogP contribution >= 0.6 is 0 Å². The molecule has 28 heavy (non-hydrogen) atoms. The standard InChI is InChI=1S/C20H23FN2O4S/c21-17-5-9-19(10-6-17)28(25,26)23-18-7-3-15(4-8-18)12-20(24)22-13-16-2-1-11-27-14-16/h3-10,16,23H,1-2,11-14H2,(H,22,24)/t16-/m1/s1. The van der Waals surface area contributed by atoms with E-state index in [0.29, 0.717) is 24.8 Å². The predicted molar refractivity (Wildman–Crippen MR) is 104 cm³/mol. The van der Waals surface area contributed by atoms with Gasteiger partial charge in [-0.25, -0.2) is 12.8 Å². The van der Waals surface area contributed by atoms with Crippen LogP contribution in [0.1, 0.15) is 18.4 Å². The SMILES string of the molecule is O=C(Cc1ccc(NS(=O)(=O)c2ccc(F)cc2)cc1)NC[C@H]1CCCOC1. The average molecular weight is 406 g/mol.